The molecule has 0 spiro atoms. The molecule has 2 saturated heterocycles. The lowest BCUT2D eigenvalue weighted by Gasteiger charge is -2.36. The van der Waals surface area contributed by atoms with Crippen LogP contribution in [0.4, 0.5) is 0 Å². The number of nitrogens with zero attached hydrogens (tertiary/aromatic N) is 3. The van der Waals surface area contributed by atoms with Crippen molar-refractivity contribution in [2.45, 2.75) is 69.9 Å². The van der Waals surface area contributed by atoms with Crippen LogP contribution in [-0.4, -0.2) is 58.3 Å². The number of aryl methyl sites for hydroxylation is 1. The quantitative estimate of drug-likeness (QED) is 0.501. The van der Waals surface area contributed by atoms with E-state index in [0.717, 1.165) is 49.0 Å². The highest BCUT2D eigenvalue weighted by Crippen LogP contribution is 2.42. The van der Waals surface area contributed by atoms with Crippen molar-refractivity contribution in [1.29, 1.82) is 0 Å². The van der Waals surface area contributed by atoms with Crippen molar-refractivity contribution in [3.05, 3.63) is 65.5 Å². The van der Waals surface area contributed by atoms with Gasteiger partial charge in [0.05, 0.1) is 18.1 Å². The monoisotopic (exact) mass is 489 g/mol. The average Bonchev–Trinajstić information content (AvgIpc) is 3.44. The number of benzene rings is 1. The van der Waals surface area contributed by atoms with Gasteiger partial charge in [0.15, 0.2) is 0 Å². The molecule has 0 unspecified atom stereocenters. The fourth-order valence-electron chi connectivity index (χ4n) is 5.86. The van der Waals surface area contributed by atoms with Gasteiger partial charge in [0, 0.05) is 44.9 Å². The van der Waals surface area contributed by atoms with Crippen LogP contribution in [0.5, 0.6) is 0 Å². The summed E-state index contributed by atoms with van der Waals surface area (Å²) in [6.07, 6.45) is 8.81. The van der Waals surface area contributed by atoms with Crippen molar-refractivity contribution < 1.29 is 19.1 Å². The number of imide groups is 1. The standard InChI is InChI=1S/C29H35N3O4/c1-21-7-2-3-12-25(21)29(16-27(34)32(28(29)35)19-23-10-5-13-30-17-23)15-26(33)31(18-22-8-4-9-22)20-24-11-6-14-36-24/h2-3,5,7,10,12-13,17,22,24H,4,6,8-9,11,14-16,18-20H2,1H3/t24-,29-/m1/s1. The van der Waals surface area contributed by atoms with E-state index in [-0.39, 0.29) is 43.2 Å². The molecule has 5 rings (SSSR count). The predicted molar refractivity (Wildman–Crippen MR) is 135 cm³/mol. The van der Waals surface area contributed by atoms with Gasteiger partial charge in [-0.25, -0.2) is 0 Å². The van der Waals surface area contributed by atoms with Crippen LogP contribution in [0.25, 0.3) is 0 Å². The highest BCUT2D eigenvalue weighted by atomic mass is 16.5. The molecule has 7 heteroatoms. The fraction of sp³-hybridized carbons (Fsp3) is 0.517. The molecule has 1 aliphatic carbocycles. The van der Waals surface area contributed by atoms with Crippen molar-refractivity contribution in [2.75, 3.05) is 19.7 Å². The van der Waals surface area contributed by atoms with Gasteiger partial charge >= 0.3 is 0 Å². The van der Waals surface area contributed by atoms with Crippen LogP contribution in [0.3, 0.4) is 0 Å². The molecule has 2 aliphatic heterocycles. The zero-order valence-electron chi connectivity index (χ0n) is 21.0. The molecular weight excluding hydrogens is 454 g/mol. The number of likely N-dealkylation sites (tertiary alicyclic amines) is 1. The molecule has 1 saturated carbocycles. The number of aromatic nitrogens is 1. The summed E-state index contributed by atoms with van der Waals surface area (Å²) in [5, 5.41) is 0. The molecule has 3 fully saturated rings. The minimum absolute atomic E-state index is 0.000113. The first-order chi connectivity index (χ1) is 17.5. The summed E-state index contributed by atoms with van der Waals surface area (Å²) in [7, 11) is 0. The first-order valence-electron chi connectivity index (χ1n) is 13.2. The van der Waals surface area contributed by atoms with Crippen LogP contribution in [0.2, 0.25) is 0 Å². The second-order valence-corrected chi connectivity index (χ2v) is 10.6. The lowest BCUT2D eigenvalue weighted by Crippen LogP contribution is -2.47. The molecular formula is C29H35N3O4. The number of carbonyl (C=O) groups excluding carboxylic acids is 3. The Morgan fingerprint density at radius 1 is 1.11 bits per heavy atom. The maximum atomic E-state index is 14.1. The first-order valence-corrected chi connectivity index (χ1v) is 13.2. The zero-order valence-corrected chi connectivity index (χ0v) is 21.0. The highest BCUT2D eigenvalue weighted by Gasteiger charge is 2.54. The second kappa shape index (κ2) is 10.5. The summed E-state index contributed by atoms with van der Waals surface area (Å²) in [5.41, 5.74) is 1.28. The summed E-state index contributed by atoms with van der Waals surface area (Å²) in [5.74, 6) is -0.0953. The minimum Gasteiger partial charge on any atom is -0.376 e. The van der Waals surface area contributed by atoms with Crippen molar-refractivity contribution >= 4 is 17.7 Å². The molecule has 2 atom stereocenters. The molecule has 1 aromatic carbocycles. The van der Waals surface area contributed by atoms with E-state index in [4.69, 9.17) is 4.74 Å². The Bertz CT molecular complexity index is 1110. The maximum Gasteiger partial charge on any atom is 0.241 e. The molecule has 2 aromatic rings. The third kappa shape index (κ3) is 4.94. The van der Waals surface area contributed by atoms with Crippen molar-refractivity contribution in [3.63, 3.8) is 0 Å². The van der Waals surface area contributed by atoms with Crippen LogP contribution in [0.1, 0.15) is 61.6 Å². The van der Waals surface area contributed by atoms with E-state index in [0.29, 0.717) is 19.0 Å². The maximum absolute atomic E-state index is 14.1. The Kier molecular flexibility index (Phi) is 7.19. The van der Waals surface area contributed by atoms with Gasteiger partial charge in [-0.1, -0.05) is 36.8 Å². The van der Waals surface area contributed by atoms with E-state index in [1.165, 1.54) is 11.3 Å². The van der Waals surface area contributed by atoms with E-state index in [1.807, 2.05) is 42.2 Å². The van der Waals surface area contributed by atoms with Gasteiger partial charge in [-0.3, -0.25) is 24.3 Å². The van der Waals surface area contributed by atoms with E-state index >= 15 is 0 Å². The van der Waals surface area contributed by atoms with Crippen LogP contribution < -0.4 is 0 Å². The summed E-state index contributed by atoms with van der Waals surface area (Å²) in [6.45, 7) is 4.10. The molecule has 7 nitrogen and oxygen atoms in total. The van der Waals surface area contributed by atoms with Crippen LogP contribution in [0, 0.1) is 12.8 Å². The van der Waals surface area contributed by atoms with Gasteiger partial charge in [0.1, 0.15) is 0 Å². The topological polar surface area (TPSA) is 79.8 Å². The number of carbonyl (C=O) groups is 3. The van der Waals surface area contributed by atoms with Gasteiger partial charge < -0.3 is 9.64 Å². The van der Waals surface area contributed by atoms with Crippen LogP contribution in [-0.2, 0) is 31.1 Å². The molecule has 0 bridgehead atoms. The average molecular weight is 490 g/mol. The van der Waals surface area contributed by atoms with Gasteiger partial charge in [-0.2, -0.15) is 0 Å². The number of hydrogen-bond donors (Lipinski definition) is 0. The Balaban J connectivity index is 1.45. The normalized spacial score (nSPS) is 24.2. The largest absolute Gasteiger partial charge is 0.376 e. The van der Waals surface area contributed by atoms with Gasteiger partial charge in [-0.15, -0.1) is 0 Å². The predicted octanol–water partition coefficient (Wildman–Crippen LogP) is 3.78. The molecule has 36 heavy (non-hydrogen) atoms. The van der Waals surface area contributed by atoms with Crippen molar-refractivity contribution in [1.82, 2.24) is 14.8 Å². The number of pyridine rings is 1. The van der Waals surface area contributed by atoms with Crippen molar-refractivity contribution in [3.8, 4) is 0 Å². The third-order valence-electron chi connectivity index (χ3n) is 8.09. The molecule has 0 radical (unpaired) electrons. The number of amides is 3. The summed E-state index contributed by atoms with van der Waals surface area (Å²) in [4.78, 5) is 48.7. The Hall–Kier alpha value is -3.06. The lowest BCUT2D eigenvalue weighted by atomic mass is 9.73. The molecule has 0 N–H and O–H groups in total. The van der Waals surface area contributed by atoms with Crippen LogP contribution in [0.15, 0.2) is 48.8 Å². The minimum atomic E-state index is -1.20. The van der Waals surface area contributed by atoms with Gasteiger partial charge in [0.2, 0.25) is 17.7 Å². The smallest absolute Gasteiger partial charge is 0.241 e. The number of hydrogen-bond acceptors (Lipinski definition) is 5. The van der Waals surface area contributed by atoms with Crippen LogP contribution >= 0.6 is 0 Å². The number of rotatable bonds is 9. The first kappa shape index (κ1) is 24.6. The molecule has 3 amide bonds. The highest BCUT2D eigenvalue weighted by molar-refractivity contribution is 6.10. The fourth-order valence-corrected chi connectivity index (χ4v) is 5.86. The molecule has 1 aromatic heterocycles. The summed E-state index contributed by atoms with van der Waals surface area (Å²) < 4.78 is 5.86. The van der Waals surface area contributed by atoms with E-state index in [9.17, 15) is 14.4 Å². The molecule has 190 valence electrons. The van der Waals surface area contributed by atoms with Gasteiger partial charge in [-0.05, 0) is 61.3 Å². The summed E-state index contributed by atoms with van der Waals surface area (Å²) in [6, 6.07) is 11.3. The summed E-state index contributed by atoms with van der Waals surface area (Å²) >= 11 is 0. The number of ether oxygens (including phenoxy) is 1. The van der Waals surface area contributed by atoms with Crippen molar-refractivity contribution in [2.24, 2.45) is 5.92 Å². The van der Waals surface area contributed by atoms with E-state index in [1.54, 1.807) is 18.5 Å². The SMILES string of the molecule is Cc1ccccc1[C@@]1(CC(=O)N(CC2CCC2)C[C@H]2CCCO2)CC(=O)N(Cc2cccnc2)C1=O. The molecule has 3 heterocycles. The van der Waals surface area contributed by atoms with Gasteiger partial charge in [0.25, 0.3) is 0 Å². The zero-order chi connectivity index (χ0) is 25.1. The lowest BCUT2D eigenvalue weighted by molar-refractivity contribution is -0.144. The molecule has 3 aliphatic rings. The van der Waals surface area contributed by atoms with E-state index < -0.39 is 5.41 Å². The Morgan fingerprint density at radius 3 is 2.61 bits per heavy atom. The Labute approximate surface area is 212 Å². The third-order valence-corrected chi connectivity index (χ3v) is 8.09. The van der Waals surface area contributed by atoms with E-state index in [2.05, 4.69) is 4.98 Å². The second-order valence-electron chi connectivity index (χ2n) is 10.6. The Morgan fingerprint density at radius 2 is 1.94 bits per heavy atom.